The summed E-state index contributed by atoms with van der Waals surface area (Å²) in [6.07, 6.45) is 7.25. The van der Waals surface area contributed by atoms with Crippen molar-refractivity contribution in [1.82, 2.24) is 10.6 Å². The van der Waals surface area contributed by atoms with E-state index in [0.29, 0.717) is 11.6 Å². The molecule has 0 bridgehead atoms. The van der Waals surface area contributed by atoms with Gasteiger partial charge < -0.3 is 10.6 Å². The summed E-state index contributed by atoms with van der Waals surface area (Å²) >= 11 is 6.03. The molecule has 5 heteroatoms. The van der Waals surface area contributed by atoms with Gasteiger partial charge in [-0.1, -0.05) is 29.8 Å². The molecule has 2 aromatic rings. The molecule has 138 valence electrons. The molecule has 4 nitrogen and oxygen atoms in total. The molecule has 2 aliphatic carbocycles. The average molecular weight is 381 g/mol. The Morgan fingerprint density at radius 1 is 1.00 bits per heavy atom. The van der Waals surface area contributed by atoms with Crippen molar-refractivity contribution in [2.45, 2.75) is 37.8 Å². The molecule has 2 aliphatic rings. The van der Waals surface area contributed by atoms with Gasteiger partial charge in [0.2, 0.25) is 5.91 Å². The topological polar surface area (TPSA) is 58.2 Å². The molecule has 1 saturated carbocycles. The number of carbonyl (C=O) groups excluding carboxylic acids is 2. The van der Waals surface area contributed by atoms with E-state index in [1.807, 2.05) is 30.3 Å². The Balaban J connectivity index is 1.34. The number of hydrogen-bond donors (Lipinski definition) is 2. The van der Waals surface area contributed by atoms with Crippen molar-refractivity contribution in [3.63, 3.8) is 0 Å². The molecule has 2 N–H and O–H groups in total. The fraction of sp³-hybridized carbons (Fsp3) is 0.273. The van der Waals surface area contributed by atoms with Crippen LogP contribution in [0.15, 0.2) is 48.5 Å². The van der Waals surface area contributed by atoms with Gasteiger partial charge in [-0.2, -0.15) is 0 Å². The predicted octanol–water partition coefficient (Wildman–Crippen LogP) is 4.05. The molecule has 1 atom stereocenters. The van der Waals surface area contributed by atoms with Crippen molar-refractivity contribution < 1.29 is 9.59 Å². The predicted molar refractivity (Wildman–Crippen MR) is 107 cm³/mol. The van der Waals surface area contributed by atoms with Gasteiger partial charge in [0, 0.05) is 22.7 Å². The lowest BCUT2D eigenvalue weighted by atomic mass is 10.1. The van der Waals surface area contributed by atoms with Gasteiger partial charge in [0.05, 0.1) is 6.04 Å². The minimum Gasteiger partial charge on any atom is -0.349 e. The average Bonchev–Trinajstić information content (AvgIpc) is 3.40. The summed E-state index contributed by atoms with van der Waals surface area (Å²) in [5.41, 5.74) is 3.88. The number of nitrogens with one attached hydrogen (secondary N) is 2. The smallest absolute Gasteiger partial charge is 0.251 e. The SMILES string of the molecule is O=C(/C=C/c1ccc(C(=O)NC2CC2)cc1)NC1CCc2cc(Cl)ccc21. The summed E-state index contributed by atoms with van der Waals surface area (Å²) in [6.45, 7) is 0. The summed E-state index contributed by atoms with van der Waals surface area (Å²) in [4.78, 5) is 24.3. The van der Waals surface area contributed by atoms with Crippen molar-refractivity contribution in [3.05, 3.63) is 75.8 Å². The third-order valence-corrected chi connectivity index (χ3v) is 5.25. The maximum atomic E-state index is 12.3. The second-order valence-electron chi connectivity index (χ2n) is 7.15. The maximum absolute atomic E-state index is 12.3. The molecule has 0 aromatic heterocycles. The first-order chi connectivity index (χ1) is 13.1. The number of halogens is 1. The molecule has 2 aromatic carbocycles. The van der Waals surface area contributed by atoms with Gasteiger partial charge in [0.15, 0.2) is 0 Å². The summed E-state index contributed by atoms with van der Waals surface area (Å²) in [7, 11) is 0. The van der Waals surface area contributed by atoms with Crippen LogP contribution in [0.25, 0.3) is 6.08 Å². The van der Waals surface area contributed by atoms with Crippen molar-refractivity contribution in [2.24, 2.45) is 0 Å². The van der Waals surface area contributed by atoms with Crippen molar-refractivity contribution in [2.75, 3.05) is 0 Å². The Labute approximate surface area is 163 Å². The Hall–Kier alpha value is -2.59. The molecule has 0 radical (unpaired) electrons. The molecule has 0 spiro atoms. The Bertz CT molecular complexity index is 901. The molecule has 27 heavy (non-hydrogen) atoms. The van der Waals surface area contributed by atoms with Crippen LogP contribution in [0.5, 0.6) is 0 Å². The van der Waals surface area contributed by atoms with Crippen LogP contribution in [-0.2, 0) is 11.2 Å². The second kappa shape index (κ2) is 7.57. The third kappa shape index (κ3) is 4.40. The van der Waals surface area contributed by atoms with E-state index in [2.05, 4.69) is 10.6 Å². The van der Waals surface area contributed by atoms with E-state index in [9.17, 15) is 9.59 Å². The largest absolute Gasteiger partial charge is 0.349 e. The van der Waals surface area contributed by atoms with Gasteiger partial charge in [-0.05, 0) is 72.7 Å². The van der Waals surface area contributed by atoms with Gasteiger partial charge in [0.25, 0.3) is 5.91 Å². The molecule has 0 aliphatic heterocycles. The molecule has 1 fully saturated rings. The van der Waals surface area contributed by atoms with Crippen LogP contribution in [0.2, 0.25) is 5.02 Å². The lowest BCUT2D eigenvalue weighted by Gasteiger charge is -2.12. The molecule has 2 amide bonds. The minimum absolute atomic E-state index is 0.0305. The van der Waals surface area contributed by atoms with E-state index in [-0.39, 0.29) is 17.9 Å². The van der Waals surface area contributed by atoms with Gasteiger partial charge in [-0.3, -0.25) is 9.59 Å². The van der Waals surface area contributed by atoms with E-state index in [4.69, 9.17) is 11.6 Å². The maximum Gasteiger partial charge on any atom is 0.251 e. The lowest BCUT2D eigenvalue weighted by molar-refractivity contribution is -0.117. The molecule has 1 unspecified atom stereocenters. The number of rotatable bonds is 5. The van der Waals surface area contributed by atoms with Crippen LogP contribution in [0.4, 0.5) is 0 Å². The van der Waals surface area contributed by atoms with Crippen LogP contribution in [0.3, 0.4) is 0 Å². The van der Waals surface area contributed by atoms with E-state index in [1.54, 1.807) is 18.2 Å². The first-order valence-electron chi connectivity index (χ1n) is 9.26. The number of benzene rings is 2. The van der Waals surface area contributed by atoms with Gasteiger partial charge in [-0.25, -0.2) is 0 Å². The summed E-state index contributed by atoms with van der Waals surface area (Å²) in [5, 5.41) is 6.74. The zero-order valence-electron chi connectivity index (χ0n) is 14.9. The monoisotopic (exact) mass is 380 g/mol. The highest BCUT2D eigenvalue weighted by Gasteiger charge is 2.24. The van der Waals surface area contributed by atoms with Crippen LogP contribution >= 0.6 is 11.6 Å². The normalized spacial score (nSPS) is 18.3. The molecular weight excluding hydrogens is 360 g/mol. The fourth-order valence-electron chi connectivity index (χ4n) is 3.37. The van der Waals surface area contributed by atoms with E-state index in [1.165, 1.54) is 11.6 Å². The quantitative estimate of drug-likeness (QED) is 0.769. The van der Waals surface area contributed by atoms with Gasteiger partial charge >= 0.3 is 0 Å². The molecule has 4 rings (SSSR count). The lowest BCUT2D eigenvalue weighted by Crippen LogP contribution is -2.25. The van der Waals surface area contributed by atoms with Gasteiger partial charge in [0.1, 0.15) is 0 Å². The minimum atomic E-state index is -0.127. The Morgan fingerprint density at radius 3 is 2.52 bits per heavy atom. The van der Waals surface area contributed by atoms with Gasteiger partial charge in [-0.15, -0.1) is 0 Å². The molecule has 0 saturated heterocycles. The molecule has 0 heterocycles. The zero-order chi connectivity index (χ0) is 18.8. The first kappa shape index (κ1) is 17.8. The molecular formula is C22H21ClN2O2. The van der Waals surface area contributed by atoms with Crippen LogP contribution in [-0.4, -0.2) is 17.9 Å². The Kier molecular flexibility index (Phi) is 4.99. The number of aryl methyl sites for hydroxylation is 1. The fourth-order valence-corrected chi connectivity index (χ4v) is 3.56. The standard InChI is InChI=1S/C22H21ClN2O2/c23-17-7-10-19-16(13-17)6-11-20(19)25-21(26)12-3-14-1-4-15(5-2-14)22(27)24-18-8-9-18/h1-5,7,10,12-13,18,20H,6,8-9,11H2,(H,24,27)(H,25,26)/b12-3+. The van der Waals surface area contributed by atoms with Crippen LogP contribution in [0, 0.1) is 0 Å². The number of fused-ring (bicyclic) bond motifs is 1. The van der Waals surface area contributed by atoms with Crippen LogP contribution in [0.1, 0.15) is 52.4 Å². The summed E-state index contributed by atoms with van der Waals surface area (Å²) in [5.74, 6) is -0.163. The first-order valence-corrected chi connectivity index (χ1v) is 9.64. The van der Waals surface area contributed by atoms with E-state index >= 15 is 0 Å². The summed E-state index contributed by atoms with van der Waals surface area (Å²) < 4.78 is 0. The number of carbonyl (C=O) groups is 2. The summed E-state index contributed by atoms with van der Waals surface area (Å²) in [6, 6.07) is 13.5. The van der Waals surface area contributed by atoms with Crippen molar-refractivity contribution in [1.29, 1.82) is 0 Å². The highest BCUT2D eigenvalue weighted by Crippen LogP contribution is 2.32. The third-order valence-electron chi connectivity index (χ3n) is 5.01. The van der Waals surface area contributed by atoms with Crippen LogP contribution < -0.4 is 10.6 Å². The van der Waals surface area contributed by atoms with Crippen molar-refractivity contribution in [3.8, 4) is 0 Å². The number of hydrogen-bond acceptors (Lipinski definition) is 2. The zero-order valence-corrected chi connectivity index (χ0v) is 15.6. The number of amides is 2. The van der Waals surface area contributed by atoms with Crippen molar-refractivity contribution >= 4 is 29.5 Å². The highest BCUT2D eigenvalue weighted by molar-refractivity contribution is 6.30. The van der Waals surface area contributed by atoms with E-state index < -0.39 is 0 Å². The Morgan fingerprint density at radius 2 is 1.78 bits per heavy atom. The van der Waals surface area contributed by atoms with E-state index in [0.717, 1.165) is 41.8 Å². The highest BCUT2D eigenvalue weighted by atomic mass is 35.5. The second-order valence-corrected chi connectivity index (χ2v) is 7.58.